The molecular weight excluding hydrogens is 440 g/mol. The first-order valence-corrected chi connectivity index (χ1v) is 13.0. The van der Waals surface area contributed by atoms with E-state index in [4.69, 9.17) is 4.98 Å². The Morgan fingerprint density at radius 3 is 2.69 bits per heavy atom. The Morgan fingerprint density at radius 2 is 1.94 bits per heavy atom. The van der Waals surface area contributed by atoms with Crippen molar-refractivity contribution in [1.82, 2.24) is 19.9 Å². The SMILES string of the molecule is Cc1cc(-c2cnn3c(NCC4CC4)cc(NC4CCCCC4O)nc23)ccc1C(=O)NC1CC1. The Morgan fingerprint density at radius 1 is 1.11 bits per heavy atom. The van der Waals surface area contributed by atoms with E-state index >= 15 is 0 Å². The number of aliphatic hydroxyl groups is 1. The number of hydrogen-bond donors (Lipinski definition) is 4. The molecule has 3 aromatic rings. The fraction of sp³-hybridized carbons (Fsp3) is 0.519. The zero-order valence-corrected chi connectivity index (χ0v) is 20.3. The average Bonchev–Trinajstić information content (AvgIpc) is 3.78. The van der Waals surface area contributed by atoms with Gasteiger partial charge in [-0.3, -0.25) is 4.79 Å². The van der Waals surface area contributed by atoms with Crippen molar-refractivity contribution < 1.29 is 9.90 Å². The lowest BCUT2D eigenvalue weighted by atomic mass is 9.92. The normalized spacial score (nSPS) is 22.2. The third kappa shape index (κ3) is 4.85. The molecule has 0 aliphatic heterocycles. The van der Waals surface area contributed by atoms with Gasteiger partial charge in [0, 0.05) is 29.8 Å². The molecule has 8 nitrogen and oxygen atoms in total. The predicted molar refractivity (Wildman–Crippen MR) is 137 cm³/mol. The number of benzene rings is 1. The lowest BCUT2D eigenvalue weighted by Gasteiger charge is -2.29. The Bertz CT molecular complexity index is 1250. The third-order valence-corrected chi connectivity index (χ3v) is 7.50. The summed E-state index contributed by atoms with van der Waals surface area (Å²) in [5.41, 5.74) is 4.31. The van der Waals surface area contributed by atoms with Crippen LogP contribution in [0.5, 0.6) is 0 Å². The maximum atomic E-state index is 12.6. The summed E-state index contributed by atoms with van der Waals surface area (Å²) in [6, 6.07) is 8.27. The smallest absolute Gasteiger partial charge is 0.251 e. The van der Waals surface area contributed by atoms with Gasteiger partial charge in [-0.15, -0.1) is 0 Å². The molecule has 0 saturated heterocycles. The van der Waals surface area contributed by atoms with E-state index in [1.54, 1.807) is 0 Å². The average molecular weight is 475 g/mol. The molecule has 2 aromatic heterocycles. The number of nitrogens with one attached hydrogen (secondary N) is 3. The van der Waals surface area contributed by atoms with Gasteiger partial charge >= 0.3 is 0 Å². The van der Waals surface area contributed by atoms with Crippen molar-refractivity contribution in [2.75, 3.05) is 17.2 Å². The lowest BCUT2D eigenvalue weighted by Crippen LogP contribution is -2.36. The van der Waals surface area contributed by atoms with Gasteiger partial charge in [0.2, 0.25) is 0 Å². The van der Waals surface area contributed by atoms with Crippen LogP contribution in [0.1, 0.15) is 67.3 Å². The third-order valence-electron chi connectivity index (χ3n) is 7.50. The highest BCUT2D eigenvalue weighted by Gasteiger charge is 2.26. The Hall–Kier alpha value is -3.13. The van der Waals surface area contributed by atoms with Gasteiger partial charge in [0.15, 0.2) is 5.65 Å². The van der Waals surface area contributed by atoms with Crippen LogP contribution in [0.15, 0.2) is 30.5 Å². The van der Waals surface area contributed by atoms with Crippen molar-refractivity contribution in [2.24, 2.45) is 5.92 Å². The summed E-state index contributed by atoms with van der Waals surface area (Å²) in [6.07, 6.45) is 10.1. The van der Waals surface area contributed by atoms with E-state index in [0.717, 1.165) is 85.0 Å². The summed E-state index contributed by atoms with van der Waals surface area (Å²) in [4.78, 5) is 17.5. The zero-order valence-electron chi connectivity index (χ0n) is 20.3. The molecule has 184 valence electrons. The number of aliphatic hydroxyl groups excluding tert-OH is 1. The number of aromatic nitrogens is 3. The van der Waals surface area contributed by atoms with E-state index in [0.29, 0.717) is 11.6 Å². The lowest BCUT2D eigenvalue weighted by molar-refractivity contribution is 0.0950. The monoisotopic (exact) mass is 474 g/mol. The molecule has 8 heteroatoms. The van der Waals surface area contributed by atoms with Crippen LogP contribution in [0.3, 0.4) is 0 Å². The van der Waals surface area contributed by atoms with Crippen molar-refractivity contribution >= 4 is 23.2 Å². The van der Waals surface area contributed by atoms with Crippen molar-refractivity contribution in [2.45, 2.75) is 76.5 Å². The minimum atomic E-state index is -0.356. The molecule has 1 aromatic carbocycles. The molecule has 0 radical (unpaired) electrons. The fourth-order valence-electron chi connectivity index (χ4n) is 4.98. The van der Waals surface area contributed by atoms with Crippen LogP contribution in [0, 0.1) is 12.8 Å². The number of carbonyl (C=O) groups is 1. The van der Waals surface area contributed by atoms with Crippen molar-refractivity contribution in [1.29, 1.82) is 0 Å². The molecular formula is C27H34N6O2. The standard InChI is InChI=1S/C27H34N6O2/c1-16-12-18(8-11-20(16)27(35)30-19-9-10-19)21-15-29-33-25(28-14-17-6-7-17)13-24(32-26(21)33)31-22-4-2-3-5-23(22)34/h8,11-13,15,17,19,22-23,28,34H,2-7,9-10,14H2,1H3,(H,30,35)(H,31,32). The number of hydrogen-bond acceptors (Lipinski definition) is 6. The van der Waals surface area contributed by atoms with Gasteiger partial charge in [-0.05, 0) is 68.6 Å². The number of amides is 1. The number of fused-ring (bicyclic) bond motifs is 1. The highest BCUT2D eigenvalue weighted by atomic mass is 16.3. The second-order valence-electron chi connectivity index (χ2n) is 10.5. The van der Waals surface area contributed by atoms with Crippen LogP contribution in [0.25, 0.3) is 16.8 Å². The Labute approximate surface area is 205 Å². The summed E-state index contributed by atoms with van der Waals surface area (Å²) in [6.45, 7) is 2.90. The van der Waals surface area contributed by atoms with Gasteiger partial charge in [0.25, 0.3) is 5.91 Å². The van der Waals surface area contributed by atoms with E-state index in [-0.39, 0.29) is 18.1 Å². The summed E-state index contributed by atoms with van der Waals surface area (Å²) in [5.74, 6) is 2.37. The molecule has 3 fully saturated rings. The van der Waals surface area contributed by atoms with Crippen LogP contribution in [0.2, 0.25) is 0 Å². The molecule has 6 rings (SSSR count). The minimum absolute atomic E-state index is 0.00127. The second-order valence-corrected chi connectivity index (χ2v) is 10.5. The Kier molecular flexibility index (Phi) is 5.84. The summed E-state index contributed by atoms with van der Waals surface area (Å²) >= 11 is 0. The first-order chi connectivity index (χ1) is 17.0. The van der Waals surface area contributed by atoms with E-state index < -0.39 is 0 Å². The van der Waals surface area contributed by atoms with Crippen LogP contribution >= 0.6 is 0 Å². The van der Waals surface area contributed by atoms with Gasteiger partial charge in [-0.25, -0.2) is 4.98 Å². The molecule has 2 unspecified atom stereocenters. The van der Waals surface area contributed by atoms with Gasteiger partial charge in [0.1, 0.15) is 11.6 Å². The number of nitrogens with zero attached hydrogens (tertiary/aromatic N) is 3. The molecule has 3 aliphatic rings. The second kappa shape index (κ2) is 9.15. The van der Waals surface area contributed by atoms with Gasteiger partial charge in [-0.1, -0.05) is 25.0 Å². The van der Waals surface area contributed by atoms with Crippen LogP contribution in [-0.4, -0.2) is 50.3 Å². The number of rotatable bonds is 8. The molecule has 1 amide bonds. The van der Waals surface area contributed by atoms with Crippen LogP contribution < -0.4 is 16.0 Å². The van der Waals surface area contributed by atoms with Gasteiger partial charge < -0.3 is 21.1 Å². The van der Waals surface area contributed by atoms with Crippen molar-refractivity contribution in [3.63, 3.8) is 0 Å². The first-order valence-electron chi connectivity index (χ1n) is 13.0. The fourth-order valence-corrected chi connectivity index (χ4v) is 4.98. The van der Waals surface area contributed by atoms with Gasteiger partial charge in [0.05, 0.1) is 18.3 Å². The topological polar surface area (TPSA) is 104 Å². The molecule has 2 atom stereocenters. The van der Waals surface area contributed by atoms with E-state index in [9.17, 15) is 9.90 Å². The number of aryl methyl sites for hydroxylation is 1. The minimum Gasteiger partial charge on any atom is -0.391 e. The van der Waals surface area contributed by atoms with E-state index in [2.05, 4.69) is 21.0 Å². The van der Waals surface area contributed by atoms with Gasteiger partial charge in [-0.2, -0.15) is 9.61 Å². The maximum Gasteiger partial charge on any atom is 0.251 e. The van der Waals surface area contributed by atoms with Crippen LogP contribution in [-0.2, 0) is 0 Å². The number of carbonyl (C=O) groups excluding carboxylic acids is 1. The number of anilines is 2. The molecule has 2 heterocycles. The zero-order chi connectivity index (χ0) is 23.9. The van der Waals surface area contributed by atoms with Crippen molar-refractivity contribution in [3.05, 3.63) is 41.6 Å². The summed E-state index contributed by atoms with van der Waals surface area (Å²) < 4.78 is 1.86. The summed E-state index contributed by atoms with van der Waals surface area (Å²) in [7, 11) is 0. The largest absolute Gasteiger partial charge is 0.391 e. The van der Waals surface area contributed by atoms with E-state index in [1.165, 1.54) is 12.8 Å². The molecule has 35 heavy (non-hydrogen) atoms. The molecule has 3 saturated carbocycles. The Balaban J connectivity index is 1.34. The highest BCUT2D eigenvalue weighted by Crippen LogP contribution is 2.32. The molecule has 4 N–H and O–H groups in total. The predicted octanol–water partition coefficient (Wildman–Crippen LogP) is 4.13. The first kappa shape index (κ1) is 22.3. The van der Waals surface area contributed by atoms with E-state index in [1.807, 2.05) is 41.9 Å². The molecule has 0 spiro atoms. The quantitative estimate of drug-likeness (QED) is 0.391. The summed E-state index contributed by atoms with van der Waals surface area (Å²) in [5, 5.41) is 25.3. The molecule has 3 aliphatic carbocycles. The van der Waals surface area contributed by atoms with Crippen molar-refractivity contribution in [3.8, 4) is 11.1 Å². The highest BCUT2D eigenvalue weighted by molar-refractivity contribution is 5.97. The van der Waals surface area contributed by atoms with Crippen LogP contribution in [0.4, 0.5) is 11.6 Å². The maximum absolute atomic E-state index is 12.6. The molecule has 0 bridgehead atoms.